The zero-order valence-corrected chi connectivity index (χ0v) is 11.2. The summed E-state index contributed by atoms with van der Waals surface area (Å²) in [5.41, 5.74) is 2.52. The van der Waals surface area contributed by atoms with Gasteiger partial charge < -0.3 is 10.4 Å². The van der Waals surface area contributed by atoms with Gasteiger partial charge in [0.15, 0.2) is 0 Å². The van der Waals surface area contributed by atoms with Crippen LogP contribution in [-0.2, 0) is 6.42 Å². The van der Waals surface area contributed by atoms with Gasteiger partial charge in [-0.05, 0) is 43.5 Å². The lowest BCUT2D eigenvalue weighted by molar-refractivity contribution is 0.152. The van der Waals surface area contributed by atoms with Crippen molar-refractivity contribution in [3.05, 3.63) is 51.7 Å². The zero-order chi connectivity index (χ0) is 12.5. The number of aliphatic hydroxyl groups is 1. The summed E-state index contributed by atoms with van der Waals surface area (Å²) in [6.07, 6.45) is 1.61. The molecule has 2 unspecified atom stereocenters. The maximum absolute atomic E-state index is 10.4. The summed E-state index contributed by atoms with van der Waals surface area (Å²) in [4.78, 5) is 2.31. The molecule has 0 spiro atoms. The molecule has 1 aliphatic rings. The van der Waals surface area contributed by atoms with Crippen molar-refractivity contribution in [3.63, 3.8) is 0 Å². The molecule has 2 aromatic rings. The molecule has 0 amide bonds. The Morgan fingerprint density at radius 2 is 2.11 bits per heavy atom. The molecule has 94 valence electrons. The molecule has 2 atom stereocenters. The Bertz CT molecular complexity index is 549. The van der Waals surface area contributed by atoms with Gasteiger partial charge in [-0.25, -0.2) is 0 Å². The van der Waals surface area contributed by atoms with Crippen molar-refractivity contribution >= 4 is 17.0 Å². The van der Waals surface area contributed by atoms with Crippen LogP contribution in [0.1, 0.15) is 27.8 Å². The molecule has 3 heteroatoms. The fraction of sp³-hybridized carbons (Fsp3) is 0.333. The van der Waals surface area contributed by atoms with Gasteiger partial charge in [0, 0.05) is 15.4 Å². The van der Waals surface area contributed by atoms with Crippen LogP contribution in [0.5, 0.6) is 0 Å². The smallest absolute Gasteiger partial charge is 0.108 e. The lowest BCUT2D eigenvalue weighted by Gasteiger charge is -2.30. The van der Waals surface area contributed by atoms with Crippen LogP contribution in [0.15, 0.2) is 36.4 Å². The van der Waals surface area contributed by atoms with Gasteiger partial charge in [-0.2, -0.15) is 0 Å². The van der Waals surface area contributed by atoms with E-state index in [0.29, 0.717) is 0 Å². The van der Waals surface area contributed by atoms with E-state index in [1.165, 1.54) is 16.1 Å². The molecular formula is C15H17NOS. The van der Waals surface area contributed by atoms with Crippen LogP contribution in [0.25, 0.3) is 0 Å². The van der Waals surface area contributed by atoms with E-state index < -0.39 is 6.10 Å². The molecule has 0 aliphatic carbocycles. The van der Waals surface area contributed by atoms with Gasteiger partial charge in [0.2, 0.25) is 0 Å². The van der Waals surface area contributed by atoms with Crippen LogP contribution in [0.2, 0.25) is 0 Å². The Balaban J connectivity index is 1.79. The van der Waals surface area contributed by atoms with E-state index in [-0.39, 0.29) is 6.04 Å². The predicted octanol–water partition coefficient (Wildman–Crippen LogP) is 3.52. The van der Waals surface area contributed by atoms with Crippen LogP contribution in [0.4, 0.5) is 5.69 Å². The largest absolute Gasteiger partial charge is 0.385 e. The third-order valence-corrected chi connectivity index (χ3v) is 4.59. The second kappa shape index (κ2) is 4.75. The van der Waals surface area contributed by atoms with E-state index in [1.54, 1.807) is 11.3 Å². The monoisotopic (exact) mass is 259 g/mol. The summed E-state index contributed by atoms with van der Waals surface area (Å²) in [5.74, 6) is 0. The highest BCUT2D eigenvalue weighted by molar-refractivity contribution is 7.12. The van der Waals surface area contributed by atoms with Crippen molar-refractivity contribution in [2.24, 2.45) is 0 Å². The Hall–Kier alpha value is -1.32. The molecule has 0 fully saturated rings. The molecular weight excluding hydrogens is 242 g/mol. The first-order valence-electron chi connectivity index (χ1n) is 6.33. The van der Waals surface area contributed by atoms with Crippen molar-refractivity contribution in [3.8, 4) is 0 Å². The van der Waals surface area contributed by atoms with Crippen LogP contribution in [-0.4, -0.2) is 11.1 Å². The molecule has 1 aromatic heterocycles. The molecule has 2 nitrogen and oxygen atoms in total. The normalized spacial score (nSPS) is 20.0. The predicted molar refractivity (Wildman–Crippen MR) is 76.2 cm³/mol. The van der Waals surface area contributed by atoms with Crippen LogP contribution >= 0.6 is 11.3 Å². The van der Waals surface area contributed by atoms with Crippen molar-refractivity contribution in [2.45, 2.75) is 31.9 Å². The van der Waals surface area contributed by atoms with Crippen molar-refractivity contribution in [1.82, 2.24) is 0 Å². The third-order valence-electron chi connectivity index (χ3n) is 3.52. The fourth-order valence-electron chi connectivity index (χ4n) is 2.51. The van der Waals surface area contributed by atoms with Gasteiger partial charge in [0.1, 0.15) is 6.10 Å². The van der Waals surface area contributed by atoms with E-state index in [1.807, 2.05) is 12.1 Å². The lowest BCUT2D eigenvalue weighted by Crippen LogP contribution is -2.31. The number of thiophene rings is 1. The maximum Gasteiger partial charge on any atom is 0.108 e. The average Bonchev–Trinajstić information content (AvgIpc) is 2.84. The summed E-state index contributed by atoms with van der Waals surface area (Å²) in [6.45, 7) is 2.07. The van der Waals surface area contributed by atoms with Gasteiger partial charge in [-0.1, -0.05) is 18.2 Å². The Morgan fingerprint density at radius 1 is 1.28 bits per heavy atom. The second-order valence-corrected chi connectivity index (χ2v) is 6.16. The SMILES string of the molecule is Cc1ccc(C(O)C2CCc3ccccc3N2)s1. The average molecular weight is 259 g/mol. The maximum atomic E-state index is 10.4. The summed E-state index contributed by atoms with van der Waals surface area (Å²) < 4.78 is 0. The van der Waals surface area contributed by atoms with Gasteiger partial charge in [0.25, 0.3) is 0 Å². The van der Waals surface area contributed by atoms with Crippen LogP contribution in [0.3, 0.4) is 0 Å². The number of hydrogen-bond acceptors (Lipinski definition) is 3. The number of fused-ring (bicyclic) bond motifs is 1. The van der Waals surface area contributed by atoms with E-state index in [0.717, 1.165) is 17.7 Å². The van der Waals surface area contributed by atoms with Gasteiger partial charge in [-0.15, -0.1) is 11.3 Å². The highest BCUT2D eigenvalue weighted by Gasteiger charge is 2.25. The summed E-state index contributed by atoms with van der Waals surface area (Å²) in [5, 5.41) is 13.9. The van der Waals surface area contributed by atoms with Gasteiger partial charge in [0.05, 0.1) is 6.04 Å². The minimum Gasteiger partial charge on any atom is -0.385 e. The highest BCUT2D eigenvalue weighted by Crippen LogP contribution is 2.32. The molecule has 1 aliphatic heterocycles. The third kappa shape index (κ3) is 2.16. The van der Waals surface area contributed by atoms with E-state index >= 15 is 0 Å². The van der Waals surface area contributed by atoms with Crippen molar-refractivity contribution in [2.75, 3.05) is 5.32 Å². The van der Waals surface area contributed by atoms with Gasteiger partial charge in [-0.3, -0.25) is 0 Å². The van der Waals surface area contributed by atoms with Gasteiger partial charge >= 0.3 is 0 Å². The van der Waals surface area contributed by atoms with Crippen molar-refractivity contribution in [1.29, 1.82) is 0 Å². The van der Waals surface area contributed by atoms with Crippen molar-refractivity contribution < 1.29 is 5.11 Å². The quantitative estimate of drug-likeness (QED) is 0.865. The topological polar surface area (TPSA) is 32.3 Å². The van der Waals surface area contributed by atoms with E-state index in [9.17, 15) is 5.11 Å². The van der Waals surface area contributed by atoms with E-state index in [2.05, 4.69) is 36.5 Å². The Labute approximate surface area is 111 Å². The molecule has 0 saturated heterocycles. The molecule has 1 aromatic carbocycles. The minimum absolute atomic E-state index is 0.123. The number of benzene rings is 1. The number of nitrogens with one attached hydrogen (secondary N) is 1. The molecule has 18 heavy (non-hydrogen) atoms. The zero-order valence-electron chi connectivity index (χ0n) is 10.4. The molecule has 2 N–H and O–H groups in total. The van der Waals surface area contributed by atoms with Crippen LogP contribution < -0.4 is 5.32 Å². The highest BCUT2D eigenvalue weighted by atomic mass is 32.1. The van der Waals surface area contributed by atoms with E-state index in [4.69, 9.17) is 0 Å². The van der Waals surface area contributed by atoms with Crippen LogP contribution in [0, 0.1) is 6.92 Å². The standard InChI is InChI=1S/C15H17NOS/c1-10-6-9-14(18-10)15(17)13-8-7-11-4-2-3-5-12(11)16-13/h2-6,9,13,15-17H,7-8H2,1H3. The number of rotatable bonds is 2. The molecule has 0 radical (unpaired) electrons. The summed E-state index contributed by atoms with van der Waals surface area (Å²) in [6, 6.07) is 12.6. The summed E-state index contributed by atoms with van der Waals surface area (Å²) in [7, 11) is 0. The Kier molecular flexibility index (Phi) is 3.10. The number of aliphatic hydroxyl groups excluding tert-OH is 1. The Morgan fingerprint density at radius 3 is 2.89 bits per heavy atom. The number of para-hydroxylation sites is 1. The number of anilines is 1. The molecule has 3 rings (SSSR count). The molecule has 0 bridgehead atoms. The first kappa shape index (κ1) is 11.8. The minimum atomic E-state index is -0.406. The molecule has 2 heterocycles. The summed E-state index contributed by atoms with van der Waals surface area (Å²) >= 11 is 1.68. The number of hydrogen-bond donors (Lipinski definition) is 2. The second-order valence-electron chi connectivity index (χ2n) is 4.84. The first-order chi connectivity index (χ1) is 8.74. The fourth-order valence-corrected chi connectivity index (χ4v) is 3.44. The lowest BCUT2D eigenvalue weighted by atomic mass is 9.94. The molecule has 0 saturated carbocycles. The number of aryl methyl sites for hydroxylation is 2. The first-order valence-corrected chi connectivity index (χ1v) is 7.14.